The van der Waals surface area contributed by atoms with E-state index in [2.05, 4.69) is 20.9 Å². The molecule has 0 bridgehead atoms. The summed E-state index contributed by atoms with van der Waals surface area (Å²) in [6.07, 6.45) is 3.80. The van der Waals surface area contributed by atoms with Gasteiger partial charge >= 0.3 is 0 Å². The summed E-state index contributed by atoms with van der Waals surface area (Å²) in [6, 6.07) is 0.109. The third-order valence-corrected chi connectivity index (χ3v) is 4.48. The van der Waals surface area contributed by atoms with Crippen LogP contribution in [0, 0.1) is 0 Å². The van der Waals surface area contributed by atoms with Crippen molar-refractivity contribution in [2.75, 3.05) is 6.54 Å². The van der Waals surface area contributed by atoms with Gasteiger partial charge in [-0.1, -0.05) is 15.9 Å². The van der Waals surface area contributed by atoms with E-state index >= 15 is 0 Å². The van der Waals surface area contributed by atoms with Gasteiger partial charge in [0.15, 0.2) is 0 Å². The van der Waals surface area contributed by atoms with Gasteiger partial charge in [0, 0.05) is 18.1 Å². The minimum absolute atomic E-state index is 0.00587. The van der Waals surface area contributed by atoms with Gasteiger partial charge in [0.1, 0.15) is 5.01 Å². The molecule has 0 radical (unpaired) electrons. The molecule has 2 heterocycles. The lowest BCUT2D eigenvalue weighted by atomic mass is 10.1. The molecule has 1 aliphatic heterocycles. The molecule has 1 amide bonds. The van der Waals surface area contributed by atoms with Crippen molar-refractivity contribution in [3.05, 3.63) is 16.6 Å². The number of carbonyl (C=O) groups is 1. The number of thiazole rings is 1. The molecule has 1 aromatic rings. The van der Waals surface area contributed by atoms with Crippen molar-refractivity contribution in [1.29, 1.82) is 0 Å². The van der Waals surface area contributed by atoms with E-state index in [9.17, 15) is 4.79 Å². The fourth-order valence-electron chi connectivity index (χ4n) is 1.81. The maximum absolute atomic E-state index is 11.9. The average Bonchev–Trinajstić information content (AvgIpc) is 2.74. The number of alkyl halides is 1. The molecule has 0 spiro atoms. The molecule has 1 aromatic heterocycles. The quantitative estimate of drug-likeness (QED) is 0.784. The highest BCUT2D eigenvalue weighted by molar-refractivity contribution is 9.10. The maximum Gasteiger partial charge on any atom is 0.236 e. The van der Waals surface area contributed by atoms with Crippen molar-refractivity contribution >= 4 is 33.2 Å². The molecule has 1 aliphatic rings. The van der Waals surface area contributed by atoms with Crippen molar-refractivity contribution in [2.24, 2.45) is 0 Å². The van der Waals surface area contributed by atoms with E-state index in [1.807, 2.05) is 17.2 Å². The van der Waals surface area contributed by atoms with E-state index in [1.54, 1.807) is 17.5 Å². The lowest BCUT2D eigenvalue weighted by molar-refractivity contribution is -0.134. The zero-order valence-electron chi connectivity index (χ0n) is 8.52. The molecule has 2 unspecified atom stereocenters. The Balaban J connectivity index is 2.13. The second-order valence-corrected chi connectivity index (χ2v) is 5.72. The molecule has 82 valence electrons. The first-order valence-electron chi connectivity index (χ1n) is 5.04. The monoisotopic (exact) mass is 288 g/mol. The number of carbonyl (C=O) groups excluding carboxylic acids is 1. The molecule has 0 N–H and O–H groups in total. The highest BCUT2D eigenvalue weighted by Crippen LogP contribution is 2.28. The van der Waals surface area contributed by atoms with Gasteiger partial charge in [-0.15, -0.1) is 11.3 Å². The van der Waals surface area contributed by atoms with Crippen LogP contribution >= 0.6 is 27.3 Å². The molecule has 1 saturated heterocycles. The number of amides is 1. The van der Waals surface area contributed by atoms with E-state index in [4.69, 9.17) is 0 Å². The van der Waals surface area contributed by atoms with Gasteiger partial charge < -0.3 is 4.90 Å². The van der Waals surface area contributed by atoms with Crippen LogP contribution in [0.1, 0.15) is 30.8 Å². The zero-order chi connectivity index (χ0) is 10.8. The van der Waals surface area contributed by atoms with Gasteiger partial charge in [-0.05, 0) is 19.8 Å². The first-order chi connectivity index (χ1) is 7.20. The summed E-state index contributed by atoms with van der Waals surface area (Å²) in [5.74, 6) is 0.198. The summed E-state index contributed by atoms with van der Waals surface area (Å²) in [6.45, 7) is 2.89. The molecule has 15 heavy (non-hydrogen) atoms. The molecule has 0 saturated carbocycles. The second-order valence-electron chi connectivity index (χ2n) is 3.69. The summed E-state index contributed by atoms with van der Waals surface area (Å²) < 4.78 is 0. The number of hydrogen-bond acceptors (Lipinski definition) is 3. The van der Waals surface area contributed by atoms with Crippen LogP contribution in [0.25, 0.3) is 0 Å². The van der Waals surface area contributed by atoms with Crippen molar-refractivity contribution in [3.63, 3.8) is 0 Å². The molecule has 2 atom stereocenters. The minimum atomic E-state index is -0.00587. The summed E-state index contributed by atoms with van der Waals surface area (Å²) in [4.78, 5) is 18.1. The van der Waals surface area contributed by atoms with Crippen LogP contribution in [0.15, 0.2) is 11.6 Å². The Bertz CT molecular complexity index is 341. The number of halogens is 1. The normalized spacial score (nSPS) is 24.3. The Hall–Kier alpha value is -0.420. The number of piperidine rings is 1. The fraction of sp³-hybridized carbons (Fsp3) is 0.600. The standard InChI is InChI=1S/C10H13BrN2OS/c1-7(9-12-4-6-15-9)13-5-2-3-8(11)10(13)14/h4,6-8H,2-3,5H2,1H3. The molecular formula is C10H13BrN2OS. The van der Waals surface area contributed by atoms with Crippen LogP contribution < -0.4 is 0 Å². The maximum atomic E-state index is 11.9. The van der Waals surface area contributed by atoms with Crippen LogP contribution in [0.4, 0.5) is 0 Å². The lowest BCUT2D eigenvalue weighted by Crippen LogP contribution is -2.43. The van der Waals surface area contributed by atoms with Gasteiger partial charge in [-0.2, -0.15) is 0 Å². The van der Waals surface area contributed by atoms with E-state index in [1.165, 1.54) is 0 Å². The number of aromatic nitrogens is 1. The number of likely N-dealkylation sites (tertiary alicyclic amines) is 1. The molecule has 2 rings (SSSR count). The second kappa shape index (κ2) is 4.61. The van der Waals surface area contributed by atoms with Gasteiger partial charge in [0.05, 0.1) is 10.9 Å². The topological polar surface area (TPSA) is 33.2 Å². The molecule has 0 aliphatic carbocycles. The lowest BCUT2D eigenvalue weighted by Gasteiger charge is -2.33. The largest absolute Gasteiger partial charge is 0.333 e. The van der Waals surface area contributed by atoms with Crippen molar-refractivity contribution in [2.45, 2.75) is 30.6 Å². The predicted octanol–water partition coefficient (Wildman–Crippen LogP) is 2.59. The van der Waals surface area contributed by atoms with Crippen LogP contribution in [0.2, 0.25) is 0 Å². The first kappa shape index (κ1) is 11.1. The summed E-state index contributed by atoms with van der Waals surface area (Å²) in [5.41, 5.74) is 0. The van der Waals surface area contributed by atoms with Gasteiger partial charge in [0.2, 0.25) is 5.91 Å². The fourth-order valence-corrected chi connectivity index (χ4v) is 3.11. The Labute approximate surface area is 102 Å². The summed E-state index contributed by atoms with van der Waals surface area (Å²) >= 11 is 5.03. The van der Waals surface area contributed by atoms with Crippen molar-refractivity contribution < 1.29 is 4.79 Å². The molecule has 0 aromatic carbocycles. The number of hydrogen-bond donors (Lipinski definition) is 0. The zero-order valence-corrected chi connectivity index (χ0v) is 10.9. The van der Waals surface area contributed by atoms with Crippen LogP contribution in [-0.4, -0.2) is 27.2 Å². The smallest absolute Gasteiger partial charge is 0.236 e. The van der Waals surface area contributed by atoms with Crippen molar-refractivity contribution in [3.8, 4) is 0 Å². The van der Waals surface area contributed by atoms with E-state index < -0.39 is 0 Å². The minimum Gasteiger partial charge on any atom is -0.333 e. The van der Waals surface area contributed by atoms with Gasteiger partial charge in [0.25, 0.3) is 0 Å². The Morgan fingerprint density at radius 1 is 1.73 bits per heavy atom. The van der Waals surface area contributed by atoms with Crippen LogP contribution in [0.5, 0.6) is 0 Å². The third-order valence-electron chi connectivity index (χ3n) is 2.68. The van der Waals surface area contributed by atoms with Crippen LogP contribution in [-0.2, 0) is 4.79 Å². The van der Waals surface area contributed by atoms with Crippen molar-refractivity contribution in [1.82, 2.24) is 9.88 Å². The van der Waals surface area contributed by atoms with E-state index in [-0.39, 0.29) is 16.8 Å². The predicted molar refractivity (Wildman–Crippen MR) is 64.2 cm³/mol. The average molecular weight is 289 g/mol. The SMILES string of the molecule is CC(c1nccs1)N1CCCC(Br)C1=O. The Morgan fingerprint density at radius 2 is 2.53 bits per heavy atom. The number of nitrogens with zero attached hydrogens (tertiary/aromatic N) is 2. The third kappa shape index (κ3) is 2.23. The van der Waals surface area contributed by atoms with Crippen LogP contribution in [0.3, 0.4) is 0 Å². The van der Waals surface area contributed by atoms with Gasteiger partial charge in [-0.25, -0.2) is 4.98 Å². The molecule has 5 heteroatoms. The molecule has 3 nitrogen and oxygen atoms in total. The highest BCUT2D eigenvalue weighted by atomic mass is 79.9. The Morgan fingerprint density at radius 3 is 3.20 bits per heavy atom. The summed E-state index contributed by atoms with van der Waals surface area (Å²) in [5, 5.41) is 2.97. The molecule has 1 fully saturated rings. The van der Waals surface area contributed by atoms with Gasteiger partial charge in [-0.3, -0.25) is 4.79 Å². The first-order valence-corrected chi connectivity index (χ1v) is 6.83. The van der Waals surface area contributed by atoms with E-state index in [0.29, 0.717) is 0 Å². The molecular weight excluding hydrogens is 276 g/mol. The van der Waals surface area contributed by atoms with E-state index in [0.717, 1.165) is 24.4 Å². The summed E-state index contributed by atoms with van der Waals surface area (Å²) in [7, 11) is 0. The highest BCUT2D eigenvalue weighted by Gasteiger charge is 2.31. The Kier molecular flexibility index (Phi) is 3.41. The number of rotatable bonds is 2.